The Kier molecular flexibility index (Phi) is 16.0. The van der Waals surface area contributed by atoms with Gasteiger partial charge in [0.2, 0.25) is 0 Å². The van der Waals surface area contributed by atoms with Crippen LogP contribution in [0.5, 0.6) is 11.5 Å². The Labute approximate surface area is 311 Å². The van der Waals surface area contributed by atoms with Gasteiger partial charge in [0.25, 0.3) is 0 Å². The quantitative estimate of drug-likeness (QED) is 0.199. The molecular formula is C41H62CoN2O6. The summed E-state index contributed by atoms with van der Waals surface area (Å²) in [6.45, 7) is 26.0. The van der Waals surface area contributed by atoms with Gasteiger partial charge in [0.05, 0.1) is 12.1 Å². The van der Waals surface area contributed by atoms with Gasteiger partial charge in [-0.15, -0.1) is 0 Å². The maximum atomic E-state index is 11.2. The number of nitrogens with zero attached hydrogens (tertiary/aromatic N) is 2. The second-order valence-corrected chi connectivity index (χ2v) is 17.5. The van der Waals surface area contributed by atoms with Crippen LogP contribution in [0.4, 0.5) is 0 Å². The number of hydrogen-bond donors (Lipinski definition) is 4. The van der Waals surface area contributed by atoms with Crippen molar-refractivity contribution < 1.29 is 46.8 Å². The Morgan fingerprint density at radius 1 is 0.620 bits per heavy atom. The molecule has 281 valence electrons. The molecule has 3 rings (SSSR count). The van der Waals surface area contributed by atoms with E-state index in [2.05, 4.69) is 107 Å². The molecule has 4 N–H and O–H groups in total. The van der Waals surface area contributed by atoms with Crippen LogP contribution in [0.2, 0.25) is 0 Å². The fraction of sp³-hybridized carbons (Fsp3) is 0.610. The molecule has 2 atom stereocenters. The topological polar surface area (TPSA) is 140 Å². The molecule has 2 aromatic rings. The van der Waals surface area contributed by atoms with E-state index in [0.717, 1.165) is 47.9 Å². The van der Waals surface area contributed by atoms with Gasteiger partial charge in [-0.05, 0) is 64.2 Å². The van der Waals surface area contributed by atoms with Crippen molar-refractivity contribution in [3.8, 4) is 11.5 Å². The zero-order valence-corrected chi connectivity index (χ0v) is 33.4. The molecule has 1 saturated carbocycles. The van der Waals surface area contributed by atoms with Crippen LogP contribution in [-0.4, -0.2) is 56.9 Å². The Bertz CT molecular complexity index is 1400. The molecule has 0 saturated heterocycles. The minimum atomic E-state index is -0.948. The first-order chi connectivity index (χ1) is 22.3. The van der Waals surface area contributed by atoms with Crippen molar-refractivity contribution in [1.82, 2.24) is 0 Å². The number of aliphatic imine (C=N–C) groups is 2. The smallest absolute Gasteiger partial charge is 0.303 e. The number of hydrogen-bond acceptors (Lipinski definition) is 6. The van der Waals surface area contributed by atoms with E-state index in [1.54, 1.807) is 0 Å². The van der Waals surface area contributed by atoms with Crippen molar-refractivity contribution in [2.75, 3.05) is 0 Å². The summed E-state index contributed by atoms with van der Waals surface area (Å²) >= 11 is 0. The van der Waals surface area contributed by atoms with Crippen molar-refractivity contribution in [2.24, 2.45) is 9.98 Å². The predicted molar refractivity (Wildman–Crippen MR) is 201 cm³/mol. The Morgan fingerprint density at radius 2 is 0.940 bits per heavy atom. The van der Waals surface area contributed by atoms with Gasteiger partial charge in [0.1, 0.15) is 11.5 Å². The second-order valence-electron chi connectivity index (χ2n) is 17.5. The third kappa shape index (κ3) is 13.5. The van der Waals surface area contributed by atoms with Crippen molar-refractivity contribution in [3.05, 3.63) is 57.6 Å². The van der Waals surface area contributed by atoms with Crippen LogP contribution in [0.1, 0.15) is 161 Å². The number of carboxylic acids is 2. The molecule has 1 aliphatic rings. The zero-order valence-electron chi connectivity index (χ0n) is 32.4. The van der Waals surface area contributed by atoms with Gasteiger partial charge in [0, 0.05) is 64.3 Å². The van der Waals surface area contributed by atoms with Gasteiger partial charge < -0.3 is 20.4 Å². The number of carbonyl (C=O) groups is 2. The first-order valence-electron chi connectivity index (χ1n) is 17.6. The third-order valence-electron chi connectivity index (χ3n) is 8.91. The molecule has 0 aromatic heterocycles. The molecule has 0 bridgehead atoms. The van der Waals surface area contributed by atoms with Crippen LogP contribution >= 0.6 is 0 Å². The number of benzene rings is 2. The summed E-state index contributed by atoms with van der Waals surface area (Å²) in [6.07, 6.45) is 7.99. The van der Waals surface area contributed by atoms with E-state index in [9.17, 15) is 19.8 Å². The van der Waals surface area contributed by atoms with Crippen molar-refractivity contribution in [1.29, 1.82) is 0 Å². The van der Waals surface area contributed by atoms with Gasteiger partial charge in [0.15, 0.2) is 0 Å². The summed E-state index contributed by atoms with van der Waals surface area (Å²) in [4.78, 5) is 29.6. The number of aromatic hydroxyl groups is 2. The molecule has 1 radical (unpaired) electrons. The first kappa shape index (κ1) is 44.8. The molecule has 50 heavy (non-hydrogen) atoms. The fourth-order valence-electron chi connectivity index (χ4n) is 5.70. The molecule has 0 spiro atoms. The number of carboxylic acid groups (broad SMARTS) is 2. The summed E-state index contributed by atoms with van der Waals surface area (Å²) in [5, 5.41) is 38.5. The predicted octanol–water partition coefficient (Wildman–Crippen LogP) is 9.46. The van der Waals surface area contributed by atoms with Crippen LogP contribution < -0.4 is 0 Å². The van der Waals surface area contributed by atoms with E-state index in [1.807, 2.05) is 12.4 Å². The van der Waals surface area contributed by atoms with Crippen LogP contribution in [0.3, 0.4) is 0 Å². The normalized spacial score (nSPS) is 17.3. The van der Waals surface area contributed by atoms with Gasteiger partial charge in [-0.25, -0.2) is 0 Å². The van der Waals surface area contributed by atoms with E-state index in [4.69, 9.17) is 20.2 Å². The molecule has 2 aromatic carbocycles. The molecule has 0 heterocycles. The molecule has 1 aliphatic carbocycles. The molecule has 9 heteroatoms. The third-order valence-corrected chi connectivity index (χ3v) is 8.91. The average Bonchev–Trinajstić information content (AvgIpc) is 2.94. The summed E-state index contributed by atoms with van der Waals surface area (Å²) < 4.78 is 0. The summed E-state index contributed by atoms with van der Waals surface area (Å²) in [6, 6.07) is 8.53. The maximum absolute atomic E-state index is 11.2. The summed E-state index contributed by atoms with van der Waals surface area (Å²) in [7, 11) is 0. The first-order valence-corrected chi connectivity index (χ1v) is 17.6. The number of aliphatic carboxylic acids is 2. The fourth-order valence-corrected chi connectivity index (χ4v) is 5.70. The Balaban J connectivity index is 0.00000110. The Morgan fingerprint density at radius 3 is 1.20 bits per heavy atom. The molecule has 0 aliphatic heterocycles. The average molecular weight is 738 g/mol. The minimum Gasteiger partial charge on any atom is -0.507 e. The van der Waals surface area contributed by atoms with Gasteiger partial charge in [-0.1, -0.05) is 108 Å². The van der Waals surface area contributed by atoms with E-state index in [0.29, 0.717) is 11.5 Å². The summed E-state index contributed by atoms with van der Waals surface area (Å²) in [5.41, 5.74) is 5.39. The van der Waals surface area contributed by atoms with Crippen molar-refractivity contribution in [2.45, 2.75) is 162 Å². The number of phenolic OH excluding ortho intramolecular Hbond substituents is 2. The van der Waals surface area contributed by atoms with Gasteiger partial charge >= 0.3 is 11.9 Å². The van der Waals surface area contributed by atoms with Gasteiger partial charge in [-0.2, -0.15) is 0 Å². The monoisotopic (exact) mass is 737 g/mol. The van der Waals surface area contributed by atoms with E-state index in [-0.39, 0.29) is 69.8 Å². The van der Waals surface area contributed by atoms with Crippen LogP contribution in [0, 0.1) is 0 Å². The van der Waals surface area contributed by atoms with E-state index < -0.39 is 11.9 Å². The van der Waals surface area contributed by atoms with E-state index in [1.165, 1.54) is 11.1 Å². The zero-order chi connectivity index (χ0) is 37.5. The molecular weight excluding hydrogens is 675 g/mol. The van der Waals surface area contributed by atoms with Crippen molar-refractivity contribution in [3.63, 3.8) is 0 Å². The van der Waals surface area contributed by atoms with E-state index >= 15 is 0 Å². The number of rotatable bonds is 8. The largest absolute Gasteiger partial charge is 0.507 e. The SMILES string of the molecule is CC(C)(C)c1cc(C=N[C@@H]2CCCC[C@H]2N=Cc2cc(C(C)(C)C)cc(C(C)(C)C)c2O)c(O)c(C(C)(C)C)c1.O=C(O)CCCC(=O)O.[Co]. The van der Waals surface area contributed by atoms with Crippen molar-refractivity contribution >= 4 is 24.4 Å². The minimum absolute atomic E-state index is 0. The molecule has 0 unspecified atom stereocenters. The second kappa shape index (κ2) is 17.8. The van der Waals surface area contributed by atoms with Crippen LogP contribution in [0.15, 0.2) is 34.3 Å². The molecule has 0 amide bonds. The molecule has 1 fully saturated rings. The number of phenols is 2. The summed E-state index contributed by atoms with van der Waals surface area (Å²) in [5.74, 6) is -1.26. The van der Waals surface area contributed by atoms with Crippen LogP contribution in [-0.2, 0) is 48.0 Å². The maximum Gasteiger partial charge on any atom is 0.303 e. The van der Waals surface area contributed by atoms with Gasteiger partial charge in [-0.3, -0.25) is 19.6 Å². The standard InChI is InChI=1S/C36H54N2O2.C5H8O4.Co/c1-33(2,3)25-17-23(31(39)27(19-25)35(7,8)9)21-37-29-15-13-14-16-30(29)38-22-24-18-26(34(4,5)6)20-28(32(24)40)36(10,11)12;6-4(7)2-1-3-5(8)9;/h17-22,29-30,39-40H,13-16H2,1-12H3;1-3H2,(H,6,7)(H,8,9);/t29-,30-;;/m1../s1. The van der Waals surface area contributed by atoms with Crippen LogP contribution in [0.25, 0.3) is 0 Å². The Hall–Kier alpha value is -3.17. The molecule has 8 nitrogen and oxygen atoms in total.